The number of halogens is 1. The standard InChI is InChI=1S/C25H30ClN5O3/c1-15(2)31-21-6-5-19(11-18(21)12-22(24(31)33)34-14-17(4)32)28-23-20(26)13-27-25(29-23)30-9-7-16(3)8-10-30/h5-6,11-13,15-16H,7-10,14H2,1-4H3,(H,27,28,29). The van der Waals surface area contributed by atoms with Gasteiger partial charge in [-0.25, -0.2) is 4.98 Å². The van der Waals surface area contributed by atoms with Crippen molar-refractivity contribution in [2.24, 2.45) is 5.92 Å². The second kappa shape index (κ2) is 10.0. The maximum atomic E-state index is 12.9. The molecule has 0 atom stereocenters. The van der Waals surface area contributed by atoms with Gasteiger partial charge in [-0.05, 0) is 63.8 Å². The fraction of sp³-hybridized carbons (Fsp3) is 0.440. The normalized spacial score (nSPS) is 14.6. The van der Waals surface area contributed by atoms with Crippen molar-refractivity contribution < 1.29 is 9.53 Å². The van der Waals surface area contributed by atoms with Crippen LogP contribution < -0.4 is 20.5 Å². The van der Waals surface area contributed by atoms with Gasteiger partial charge in [0.1, 0.15) is 11.6 Å². The van der Waals surface area contributed by atoms with Crippen molar-refractivity contribution in [2.45, 2.75) is 46.6 Å². The maximum absolute atomic E-state index is 12.9. The smallest absolute Gasteiger partial charge is 0.293 e. The first-order chi connectivity index (χ1) is 16.2. The van der Waals surface area contributed by atoms with Gasteiger partial charge >= 0.3 is 0 Å². The van der Waals surface area contributed by atoms with Crippen molar-refractivity contribution in [2.75, 3.05) is 29.9 Å². The zero-order valence-electron chi connectivity index (χ0n) is 20.0. The van der Waals surface area contributed by atoms with Gasteiger partial charge < -0.3 is 19.5 Å². The fourth-order valence-electron chi connectivity index (χ4n) is 4.14. The van der Waals surface area contributed by atoms with Crippen LogP contribution in [0, 0.1) is 5.92 Å². The van der Waals surface area contributed by atoms with E-state index in [1.807, 2.05) is 32.0 Å². The molecule has 1 fully saturated rings. The van der Waals surface area contributed by atoms with Crippen LogP contribution in [-0.2, 0) is 4.79 Å². The number of rotatable bonds is 7. The number of aromatic nitrogens is 3. The fourth-order valence-corrected chi connectivity index (χ4v) is 4.28. The van der Waals surface area contributed by atoms with E-state index in [-0.39, 0.29) is 29.7 Å². The molecule has 2 aromatic heterocycles. The molecule has 1 N–H and O–H groups in total. The summed E-state index contributed by atoms with van der Waals surface area (Å²) in [5.41, 5.74) is 1.28. The number of nitrogens with one attached hydrogen (secondary N) is 1. The Kier molecular flexibility index (Phi) is 7.07. The molecule has 0 amide bonds. The van der Waals surface area contributed by atoms with Crippen LogP contribution >= 0.6 is 11.6 Å². The van der Waals surface area contributed by atoms with Crippen LogP contribution in [-0.4, -0.2) is 40.0 Å². The average Bonchev–Trinajstić information content (AvgIpc) is 2.79. The van der Waals surface area contributed by atoms with Gasteiger partial charge in [0, 0.05) is 30.2 Å². The maximum Gasteiger partial charge on any atom is 0.293 e. The number of ketones is 1. The summed E-state index contributed by atoms with van der Waals surface area (Å²) in [5.74, 6) is 1.90. The van der Waals surface area contributed by atoms with E-state index in [2.05, 4.69) is 27.1 Å². The Morgan fingerprint density at radius 2 is 2.00 bits per heavy atom. The van der Waals surface area contributed by atoms with Crippen LogP contribution in [0.5, 0.6) is 5.75 Å². The minimum absolute atomic E-state index is 0.0826. The second-order valence-electron chi connectivity index (χ2n) is 9.20. The molecule has 0 aliphatic carbocycles. The van der Waals surface area contributed by atoms with Crippen LogP contribution in [0.2, 0.25) is 5.02 Å². The molecule has 1 saturated heterocycles. The molecule has 8 nitrogen and oxygen atoms in total. The molecule has 0 bridgehead atoms. The van der Waals surface area contributed by atoms with E-state index in [1.54, 1.807) is 16.8 Å². The molecule has 0 unspecified atom stereocenters. The van der Waals surface area contributed by atoms with Crippen LogP contribution in [0.25, 0.3) is 10.9 Å². The lowest BCUT2D eigenvalue weighted by molar-refractivity contribution is -0.118. The van der Waals surface area contributed by atoms with Gasteiger partial charge in [-0.3, -0.25) is 9.59 Å². The molecule has 1 aliphatic rings. The van der Waals surface area contributed by atoms with Crippen molar-refractivity contribution in [3.63, 3.8) is 0 Å². The first-order valence-corrected chi connectivity index (χ1v) is 12.0. The number of benzene rings is 1. The molecule has 3 heterocycles. The summed E-state index contributed by atoms with van der Waals surface area (Å²) in [6, 6.07) is 7.27. The summed E-state index contributed by atoms with van der Waals surface area (Å²) in [6.07, 6.45) is 3.85. The van der Waals surface area contributed by atoms with E-state index in [0.717, 1.165) is 42.5 Å². The predicted molar refractivity (Wildman–Crippen MR) is 136 cm³/mol. The number of fused-ring (bicyclic) bond motifs is 1. The third-order valence-corrected chi connectivity index (χ3v) is 6.29. The number of hydrogen-bond donors (Lipinski definition) is 1. The Labute approximate surface area is 203 Å². The predicted octanol–water partition coefficient (Wildman–Crippen LogP) is 4.97. The summed E-state index contributed by atoms with van der Waals surface area (Å²) in [5, 5.41) is 4.51. The highest BCUT2D eigenvalue weighted by molar-refractivity contribution is 6.32. The van der Waals surface area contributed by atoms with Crippen molar-refractivity contribution in [1.29, 1.82) is 0 Å². The molecule has 180 valence electrons. The topological polar surface area (TPSA) is 89.3 Å². The summed E-state index contributed by atoms with van der Waals surface area (Å²) in [4.78, 5) is 35.6. The Bertz CT molecular complexity index is 1270. The highest BCUT2D eigenvalue weighted by Crippen LogP contribution is 2.29. The van der Waals surface area contributed by atoms with Crippen LogP contribution in [0.4, 0.5) is 17.5 Å². The number of hydrogen-bond acceptors (Lipinski definition) is 7. The van der Waals surface area contributed by atoms with Crippen molar-refractivity contribution in [3.05, 3.63) is 45.8 Å². The number of ether oxygens (including phenoxy) is 1. The number of carbonyl (C=O) groups is 1. The molecule has 0 saturated carbocycles. The summed E-state index contributed by atoms with van der Waals surface area (Å²) in [7, 11) is 0. The van der Waals surface area contributed by atoms with Gasteiger partial charge in [0.15, 0.2) is 17.4 Å². The Morgan fingerprint density at radius 3 is 2.68 bits per heavy atom. The highest BCUT2D eigenvalue weighted by Gasteiger charge is 2.19. The molecule has 0 spiro atoms. The largest absolute Gasteiger partial charge is 0.480 e. The summed E-state index contributed by atoms with van der Waals surface area (Å²) < 4.78 is 7.18. The van der Waals surface area contributed by atoms with Gasteiger partial charge in [0.05, 0.1) is 11.7 Å². The van der Waals surface area contributed by atoms with Gasteiger partial charge in [-0.2, -0.15) is 4.98 Å². The van der Waals surface area contributed by atoms with E-state index in [4.69, 9.17) is 16.3 Å². The molecule has 3 aromatic rings. The van der Waals surface area contributed by atoms with E-state index in [9.17, 15) is 9.59 Å². The van der Waals surface area contributed by atoms with Gasteiger partial charge in [0.2, 0.25) is 5.95 Å². The van der Waals surface area contributed by atoms with E-state index < -0.39 is 0 Å². The molecule has 1 aromatic carbocycles. The first kappa shape index (κ1) is 24.0. The second-order valence-corrected chi connectivity index (χ2v) is 9.61. The van der Waals surface area contributed by atoms with Crippen molar-refractivity contribution in [1.82, 2.24) is 14.5 Å². The summed E-state index contributed by atoms with van der Waals surface area (Å²) >= 11 is 6.41. The molecular weight excluding hydrogens is 454 g/mol. The average molecular weight is 484 g/mol. The zero-order chi connectivity index (χ0) is 24.4. The minimum atomic E-state index is -0.260. The number of Topliss-reactive ketones (excluding diaryl/α,β-unsaturated/α-hetero) is 1. The molecule has 0 radical (unpaired) electrons. The van der Waals surface area contributed by atoms with Gasteiger partial charge in [-0.1, -0.05) is 18.5 Å². The monoisotopic (exact) mass is 483 g/mol. The molecule has 4 rings (SSSR count). The van der Waals surface area contributed by atoms with Gasteiger partial charge in [0.25, 0.3) is 5.56 Å². The zero-order valence-corrected chi connectivity index (χ0v) is 20.7. The Hall–Kier alpha value is -3.13. The third kappa shape index (κ3) is 5.17. The first-order valence-electron chi connectivity index (χ1n) is 11.6. The van der Waals surface area contributed by atoms with E-state index >= 15 is 0 Å². The van der Waals surface area contributed by atoms with E-state index in [0.29, 0.717) is 22.7 Å². The van der Waals surface area contributed by atoms with Crippen LogP contribution in [0.1, 0.15) is 46.6 Å². The van der Waals surface area contributed by atoms with Crippen molar-refractivity contribution >= 4 is 45.7 Å². The molecule has 34 heavy (non-hydrogen) atoms. The van der Waals surface area contributed by atoms with Crippen LogP contribution in [0.15, 0.2) is 35.3 Å². The van der Waals surface area contributed by atoms with Gasteiger partial charge in [-0.15, -0.1) is 0 Å². The SMILES string of the molecule is CC(=O)COc1cc2cc(Nc3nc(N4CCC(C)CC4)ncc3Cl)ccc2n(C(C)C)c1=O. The number of carbonyl (C=O) groups excluding carboxylic acids is 1. The lowest BCUT2D eigenvalue weighted by atomic mass is 10.00. The minimum Gasteiger partial charge on any atom is -0.480 e. The highest BCUT2D eigenvalue weighted by atomic mass is 35.5. The quantitative estimate of drug-likeness (QED) is 0.507. The molecule has 9 heteroatoms. The lowest BCUT2D eigenvalue weighted by Gasteiger charge is -2.30. The number of piperidine rings is 1. The summed E-state index contributed by atoms with van der Waals surface area (Å²) in [6.45, 7) is 9.26. The number of nitrogens with zero attached hydrogens (tertiary/aromatic N) is 4. The Morgan fingerprint density at radius 1 is 1.26 bits per heavy atom. The van der Waals surface area contributed by atoms with E-state index in [1.165, 1.54) is 6.92 Å². The number of anilines is 3. The third-order valence-electron chi connectivity index (χ3n) is 6.01. The van der Waals surface area contributed by atoms with Crippen molar-refractivity contribution in [3.8, 4) is 5.75 Å². The number of pyridine rings is 1. The van der Waals surface area contributed by atoms with Crippen LogP contribution in [0.3, 0.4) is 0 Å². The molecule has 1 aliphatic heterocycles. The lowest BCUT2D eigenvalue weighted by Crippen LogP contribution is -2.34. The molecular formula is C25H30ClN5O3. The Balaban J connectivity index is 1.67.